The van der Waals surface area contributed by atoms with Crippen molar-refractivity contribution < 1.29 is 26.7 Å². The lowest BCUT2D eigenvalue weighted by Gasteiger charge is -2.37. The van der Waals surface area contributed by atoms with E-state index in [0.29, 0.717) is 45.1 Å². The summed E-state index contributed by atoms with van der Waals surface area (Å²) in [6.07, 6.45) is -4.86. The van der Waals surface area contributed by atoms with Gasteiger partial charge in [-0.3, -0.25) is 0 Å². The van der Waals surface area contributed by atoms with Gasteiger partial charge in [-0.15, -0.1) is 0 Å². The average molecular weight is 538 g/mol. The highest BCUT2D eigenvalue weighted by Crippen LogP contribution is 2.45. The van der Waals surface area contributed by atoms with E-state index in [-0.39, 0.29) is 28.5 Å². The molecule has 2 aromatic heterocycles. The van der Waals surface area contributed by atoms with Crippen LogP contribution in [-0.4, -0.2) is 53.8 Å². The van der Waals surface area contributed by atoms with Crippen molar-refractivity contribution in [1.29, 1.82) is 0 Å². The van der Waals surface area contributed by atoms with E-state index in [9.17, 15) is 17.6 Å². The number of nitrogens with zero attached hydrogens (tertiary/aromatic N) is 4. The average Bonchev–Trinajstić information content (AvgIpc) is 2.85. The molecule has 0 saturated carbocycles. The van der Waals surface area contributed by atoms with E-state index in [1.165, 1.54) is 0 Å². The van der Waals surface area contributed by atoms with Gasteiger partial charge in [0, 0.05) is 31.7 Å². The van der Waals surface area contributed by atoms with Crippen molar-refractivity contribution in [2.24, 2.45) is 5.92 Å². The van der Waals surface area contributed by atoms with E-state index < -0.39 is 52.0 Å². The van der Waals surface area contributed by atoms with E-state index in [4.69, 9.17) is 10.5 Å². The maximum atomic E-state index is 16.3. The zero-order valence-corrected chi connectivity index (χ0v) is 21.1. The molecule has 8 nitrogen and oxygen atoms in total. The Bertz CT molecular complexity index is 1390. The molecule has 5 rings (SSSR count). The number of nitrogen functional groups attached to an aromatic ring is 1. The molecule has 38 heavy (non-hydrogen) atoms. The van der Waals surface area contributed by atoms with Crippen LogP contribution in [0.5, 0.6) is 5.88 Å². The minimum Gasteiger partial charge on any atom is -0.474 e. The van der Waals surface area contributed by atoms with Crippen molar-refractivity contribution in [2.45, 2.75) is 39.5 Å². The molecule has 1 saturated heterocycles. The molecular formula is C25H28F5N7O. The third kappa shape index (κ3) is 4.63. The summed E-state index contributed by atoms with van der Waals surface area (Å²) in [5.74, 6) is -1.56. The normalized spacial score (nSPS) is 18.9. The monoisotopic (exact) mass is 537 g/mol. The van der Waals surface area contributed by atoms with E-state index in [1.54, 1.807) is 6.92 Å². The van der Waals surface area contributed by atoms with E-state index in [0.717, 1.165) is 13.0 Å². The molecule has 1 atom stereocenters. The molecule has 13 heteroatoms. The number of halogens is 5. The number of nitrogens with two attached hydrogens (primary N) is 1. The van der Waals surface area contributed by atoms with Crippen LogP contribution in [-0.2, 0) is 6.18 Å². The number of hydrogen-bond acceptors (Lipinski definition) is 8. The number of pyridine rings is 1. The highest BCUT2D eigenvalue weighted by atomic mass is 19.4. The molecule has 1 fully saturated rings. The maximum absolute atomic E-state index is 16.3. The third-order valence-corrected chi connectivity index (χ3v) is 6.79. The van der Waals surface area contributed by atoms with E-state index in [1.807, 2.05) is 11.8 Å². The van der Waals surface area contributed by atoms with Crippen LogP contribution < -0.4 is 26.0 Å². The first kappa shape index (κ1) is 26.1. The summed E-state index contributed by atoms with van der Waals surface area (Å²) in [6.45, 7) is 7.74. The van der Waals surface area contributed by atoms with Gasteiger partial charge < -0.3 is 26.0 Å². The van der Waals surface area contributed by atoms with Crippen molar-refractivity contribution in [3.05, 3.63) is 28.8 Å². The Hall–Kier alpha value is -3.48. The lowest BCUT2D eigenvalue weighted by molar-refractivity contribution is -0.137. The van der Waals surface area contributed by atoms with E-state index in [2.05, 4.69) is 25.6 Å². The number of rotatable bonds is 2. The summed E-state index contributed by atoms with van der Waals surface area (Å²) >= 11 is 0. The Morgan fingerprint density at radius 3 is 2.47 bits per heavy atom. The lowest BCUT2D eigenvalue weighted by atomic mass is 9.96. The Kier molecular flexibility index (Phi) is 6.66. The van der Waals surface area contributed by atoms with Crippen LogP contribution in [0, 0.1) is 24.5 Å². The number of alkyl halides is 3. The quantitative estimate of drug-likeness (QED) is 0.324. The molecule has 0 spiro atoms. The fourth-order valence-corrected chi connectivity index (χ4v) is 4.84. The van der Waals surface area contributed by atoms with Crippen LogP contribution >= 0.6 is 0 Å². The molecule has 3 aromatic rings. The number of ether oxygens (including phenoxy) is 1. The predicted molar refractivity (Wildman–Crippen MR) is 134 cm³/mol. The maximum Gasteiger partial charge on any atom is 0.417 e. The smallest absolute Gasteiger partial charge is 0.417 e. The summed E-state index contributed by atoms with van der Waals surface area (Å²) in [7, 11) is 0. The summed E-state index contributed by atoms with van der Waals surface area (Å²) in [5.41, 5.74) is 1.41. The molecule has 4 N–H and O–H groups in total. The second kappa shape index (κ2) is 9.68. The minimum absolute atomic E-state index is 0.120. The van der Waals surface area contributed by atoms with Gasteiger partial charge in [0.25, 0.3) is 0 Å². The SMILES string of the molecule is Cc1c(F)c(N)cc(-c2nc3c4c(nc(N5CC(C)C5)nc4c2F)NCCNCCC(C)O3)c1C(F)(F)F. The molecule has 0 amide bonds. The molecule has 4 heterocycles. The van der Waals surface area contributed by atoms with Gasteiger partial charge in [-0.2, -0.15) is 18.2 Å². The Balaban J connectivity index is 1.83. The molecule has 0 radical (unpaired) electrons. The largest absolute Gasteiger partial charge is 0.474 e. The van der Waals surface area contributed by atoms with Gasteiger partial charge in [0.05, 0.1) is 17.4 Å². The minimum atomic E-state index is -5.01. The van der Waals surface area contributed by atoms with Gasteiger partial charge in [0.15, 0.2) is 5.82 Å². The second-order valence-electron chi connectivity index (χ2n) is 9.90. The first-order chi connectivity index (χ1) is 18.0. The summed E-state index contributed by atoms with van der Waals surface area (Å²) in [4.78, 5) is 15.1. The first-order valence-electron chi connectivity index (χ1n) is 12.4. The standard InChI is InChI=1S/C25H28F5N7O/c1-11-9-37(10-11)24-35-21-16-22(36-24)33-7-6-32-5-4-12(2)38-23(16)34-20(19(21)27)14-8-15(31)18(26)13(3)17(14)25(28,29)30/h8,11-12,32H,4-7,9-10,31H2,1-3H3,(H,33,35,36). The van der Waals surface area contributed by atoms with Crippen LogP contribution in [0.15, 0.2) is 6.07 Å². The molecule has 2 aliphatic heterocycles. The van der Waals surface area contributed by atoms with Crippen LogP contribution in [0.4, 0.5) is 39.4 Å². The zero-order valence-electron chi connectivity index (χ0n) is 21.1. The van der Waals surface area contributed by atoms with Gasteiger partial charge in [-0.05, 0) is 44.4 Å². The Morgan fingerprint density at radius 1 is 1.05 bits per heavy atom. The summed E-state index contributed by atoms with van der Waals surface area (Å²) in [5, 5.41) is 6.55. The van der Waals surface area contributed by atoms with Crippen molar-refractivity contribution in [1.82, 2.24) is 20.3 Å². The number of hydrogen-bond donors (Lipinski definition) is 3. The predicted octanol–water partition coefficient (Wildman–Crippen LogP) is 4.51. The van der Waals surface area contributed by atoms with Crippen molar-refractivity contribution in [2.75, 3.05) is 48.7 Å². The van der Waals surface area contributed by atoms with Gasteiger partial charge >= 0.3 is 6.18 Å². The molecule has 1 unspecified atom stereocenters. The number of anilines is 3. The Morgan fingerprint density at radius 2 is 1.79 bits per heavy atom. The summed E-state index contributed by atoms with van der Waals surface area (Å²) < 4.78 is 79.3. The number of nitrogens with one attached hydrogen (secondary N) is 2. The van der Waals surface area contributed by atoms with Crippen LogP contribution in [0.3, 0.4) is 0 Å². The fraction of sp³-hybridized carbons (Fsp3) is 0.480. The van der Waals surface area contributed by atoms with Crippen LogP contribution in [0.1, 0.15) is 31.4 Å². The highest BCUT2D eigenvalue weighted by Gasteiger charge is 2.39. The fourth-order valence-electron chi connectivity index (χ4n) is 4.84. The first-order valence-corrected chi connectivity index (χ1v) is 12.4. The molecule has 0 bridgehead atoms. The van der Waals surface area contributed by atoms with Gasteiger partial charge in [-0.1, -0.05) is 6.92 Å². The van der Waals surface area contributed by atoms with Gasteiger partial charge in [0.1, 0.15) is 28.2 Å². The molecule has 2 aliphatic rings. The third-order valence-electron chi connectivity index (χ3n) is 6.79. The summed E-state index contributed by atoms with van der Waals surface area (Å²) in [6, 6.07) is 0.756. The van der Waals surface area contributed by atoms with Crippen molar-refractivity contribution in [3.63, 3.8) is 0 Å². The van der Waals surface area contributed by atoms with Crippen LogP contribution in [0.25, 0.3) is 22.2 Å². The highest BCUT2D eigenvalue weighted by molar-refractivity contribution is 5.97. The molecule has 204 valence electrons. The molecule has 1 aromatic carbocycles. The number of benzene rings is 1. The van der Waals surface area contributed by atoms with Crippen LogP contribution in [0.2, 0.25) is 0 Å². The zero-order chi connectivity index (χ0) is 27.4. The molecule has 0 aliphatic carbocycles. The Labute approximate surface area is 215 Å². The van der Waals surface area contributed by atoms with E-state index >= 15 is 4.39 Å². The van der Waals surface area contributed by atoms with Gasteiger partial charge in [-0.25, -0.2) is 18.7 Å². The van der Waals surface area contributed by atoms with Gasteiger partial charge in [0.2, 0.25) is 11.8 Å². The lowest BCUT2D eigenvalue weighted by Crippen LogP contribution is -2.46. The number of aromatic nitrogens is 3. The van der Waals surface area contributed by atoms with Crippen molar-refractivity contribution in [3.8, 4) is 17.1 Å². The second-order valence-corrected chi connectivity index (χ2v) is 9.90. The topological polar surface area (TPSA) is 101 Å². The molecular weight excluding hydrogens is 509 g/mol. The van der Waals surface area contributed by atoms with Crippen molar-refractivity contribution >= 4 is 28.4 Å².